The zero-order valence-electron chi connectivity index (χ0n) is 15.5. The smallest absolute Gasteiger partial charge is 0.258 e. The molecule has 0 radical (unpaired) electrons. The minimum atomic E-state index is -0.145. The lowest BCUT2D eigenvalue weighted by Crippen LogP contribution is -2.07. The molecule has 2 aromatic heterocycles. The molecule has 0 saturated heterocycles. The standard InChI is InChI=1S/C22H19N5O/c1-15(17-6-4-3-5-7-17)8-11-20-25-26-21(27(20)2)13-16-9-10-19-18(12-16)22(28)24-14-23-19/h3-12,14H,1,13H2,2H3,(H,23,24,28)/b11-8-. The highest BCUT2D eigenvalue weighted by atomic mass is 16.1. The van der Waals surface area contributed by atoms with Gasteiger partial charge in [0.05, 0.1) is 17.2 Å². The van der Waals surface area contributed by atoms with Gasteiger partial charge in [0, 0.05) is 13.5 Å². The average molecular weight is 369 g/mol. The number of aromatic nitrogens is 5. The molecule has 0 aliphatic rings. The van der Waals surface area contributed by atoms with E-state index in [1.165, 1.54) is 6.33 Å². The molecule has 0 aliphatic heterocycles. The number of rotatable bonds is 5. The maximum atomic E-state index is 12.0. The number of fused-ring (bicyclic) bond motifs is 1. The number of nitrogens with one attached hydrogen (secondary N) is 1. The second-order valence-corrected chi connectivity index (χ2v) is 6.52. The molecule has 138 valence electrons. The van der Waals surface area contributed by atoms with Crippen molar-refractivity contribution in [2.45, 2.75) is 6.42 Å². The summed E-state index contributed by atoms with van der Waals surface area (Å²) in [6, 6.07) is 15.6. The summed E-state index contributed by atoms with van der Waals surface area (Å²) in [5, 5.41) is 9.13. The van der Waals surface area contributed by atoms with Crippen molar-refractivity contribution in [2.75, 3.05) is 0 Å². The Hall–Kier alpha value is -3.80. The van der Waals surface area contributed by atoms with Crippen LogP contribution in [0.3, 0.4) is 0 Å². The lowest BCUT2D eigenvalue weighted by Gasteiger charge is -2.04. The molecule has 0 atom stereocenters. The Morgan fingerprint density at radius 1 is 1.18 bits per heavy atom. The second-order valence-electron chi connectivity index (χ2n) is 6.52. The van der Waals surface area contributed by atoms with E-state index in [-0.39, 0.29) is 5.56 Å². The first kappa shape index (κ1) is 17.6. The van der Waals surface area contributed by atoms with E-state index in [2.05, 4.69) is 26.7 Å². The van der Waals surface area contributed by atoms with Crippen LogP contribution in [0, 0.1) is 0 Å². The van der Waals surface area contributed by atoms with Crippen LogP contribution in [0.5, 0.6) is 0 Å². The Morgan fingerprint density at radius 2 is 2.00 bits per heavy atom. The lowest BCUT2D eigenvalue weighted by atomic mass is 10.1. The van der Waals surface area contributed by atoms with E-state index in [1.807, 2.05) is 72.3 Å². The van der Waals surface area contributed by atoms with Crippen LogP contribution in [-0.4, -0.2) is 24.7 Å². The number of allylic oxidation sites excluding steroid dienone is 2. The second kappa shape index (κ2) is 7.44. The first-order valence-corrected chi connectivity index (χ1v) is 8.89. The van der Waals surface area contributed by atoms with Gasteiger partial charge in [-0.2, -0.15) is 0 Å². The Kier molecular flexibility index (Phi) is 4.68. The molecule has 1 N–H and O–H groups in total. The predicted molar refractivity (Wildman–Crippen MR) is 111 cm³/mol. The Morgan fingerprint density at radius 3 is 2.82 bits per heavy atom. The fourth-order valence-electron chi connectivity index (χ4n) is 3.01. The molecule has 2 aromatic carbocycles. The first-order chi connectivity index (χ1) is 13.6. The molecular weight excluding hydrogens is 350 g/mol. The van der Waals surface area contributed by atoms with Gasteiger partial charge in [0.2, 0.25) is 0 Å². The molecule has 6 heteroatoms. The van der Waals surface area contributed by atoms with Gasteiger partial charge in [-0.3, -0.25) is 4.79 Å². The molecule has 28 heavy (non-hydrogen) atoms. The number of hydrogen-bond acceptors (Lipinski definition) is 4. The molecule has 2 heterocycles. The van der Waals surface area contributed by atoms with Gasteiger partial charge in [-0.15, -0.1) is 10.2 Å². The molecule has 0 fully saturated rings. The highest BCUT2D eigenvalue weighted by Gasteiger charge is 2.09. The number of nitrogens with zero attached hydrogens (tertiary/aromatic N) is 4. The fraction of sp³-hybridized carbons (Fsp3) is 0.0909. The highest BCUT2D eigenvalue weighted by molar-refractivity contribution is 5.78. The van der Waals surface area contributed by atoms with Crippen molar-refractivity contribution < 1.29 is 0 Å². The van der Waals surface area contributed by atoms with E-state index in [1.54, 1.807) is 0 Å². The van der Waals surface area contributed by atoms with Gasteiger partial charge in [0.25, 0.3) is 5.56 Å². The Labute approximate surface area is 161 Å². The molecule has 0 aliphatic carbocycles. The van der Waals surface area contributed by atoms with Crippen LogP contribution in [0.15, 0.2) is 72.3 Å². The van der Waals surface area contributed by atoms with E-state index < -0.39 is 0 Å². The minimum Gasteiger partial charge on any atom is -0.314 e. The fourth-order valence-corrected chi connectivity index (χ4v) is 3.01. The van der Waals surface area contributed by atoms with Crippen LogP contribution < -0.4 is 5.56 Å². The molecule has 0 saturated carbocycles. The van der Waals surface area contributed by atoms with Crippen LogP contribution in [0.25, 0.3) is 22.6 Å². The van der Waals surface area contributed by atoms with Crippen molar-refractivity contribution in [2.24, 2.45) is 7.05 Å². The SMILES string of the molecule is C=C(/C=C\c1nnc(Cc2ccc3nc[nH]c(=O)c3c2)n1C)c1ccccc1. The van der Waals surface area contributed by atoms with Gasteiger partial charge >= 0.3 is 0 Å². The zero-order valence-corrected chi connectivity index (χ0v) is 15.5. The van der Waals surface area contributed by atoms with E-state index in [9.17, 15) is 4.79 Å². The summed E-state index contributed by atoms with van der Waals surface area (Å²) in [4.78, 5) is 18.8. The largest absolute Gasteiger partial charge is 0.314 e. The van der Waals surface area contributed by atoms with Crippen molar-refractivity contribution in [1.82, 2.24) is 24.7 Å². The molecule has 6 nitrogen and oxygen atoms in total. The average Bonchev–Trinajstić information content (AvgIpc) is 3.07. The van der Waals surface area contributed by atoms with E-state index in [0.717, 1.165) is 28.3 Å². The zero-order chi connectivity index (χ0) is 19.5. The lowest BCUT2D eigenvalue weighted by molar-refractivity contribution is 0.815. The van der Waals surface area contributed by atoms with Crippen molar-refractivity contribution in [3.8, 4) is 0 Å². The van der Waals surface area contributed by atoms with Crippen LogP contribution in [0.1, 0.15) is 22.8 Å². The summed E-state index contributed by atoms with van der Waals surface area (Å²) in [5.41, 5.74) is 3.48. The van der Waals surface area contributed by atoms with E-state index in [0.29, 0.717) is 17.3 Å². The summed E-state index contributed by atoms with van der Waals surface area (Å²) >= 11 is 0. The van der Waals surface area contributed by atoms with Crippen LogP contribution >= 0.6 is 0 Å². The van der Waals surface area contributed by atoms with Gasteiger partial charge < -0.3 is 9.55 Å². The summed E-state index contributed by atoms with van der Waals surface area (Å²) in [7, 11) is 1.93. The maximum Gasteiger partial charge on any atom is 0.258 e. The molecular formula is C22H19N5O. The number of hydrogen-bond donors (Lipinski definition) is 1. The molecule has 0 bridgehead atoms. The van der Waals surface area contributed by atoms with Gasteiger partial charge in [-0.1, -0.05) is 49.1 Å². The highest BCUT2D eigenvalue weighted by Crippen LogP contribution is 2.16. The quantitative estimate of drug-likeness (QED) is 0.547. The summed E-state index contributed by atoms with van der Waals surface area (Å²) in [5.74, 6) is 1.55. The van der Waals surface area contributed by atoms with Crippen molar-refractivity contribution in [1.29, 1.82) is 0 Å². The Balaban J connectivity index is 1.55. The Bertz CT molecular complexity index is 1230. The van der Waals surface area contributed by atoms with Gasteiger partial charge in [-0.05, 0) is 34.9 Å². The third-order valence-electron chi connectivity index (χ3n) is 4.64. The third kappa shape index (κ3) is 3.53. The molecule has 0 unspecified atom stereocenters. The van der Waals surface area contributed by atoms with E-state index in [4.69, 9.17) is 0 Å². The summed E-state index contributed by atoms with van der Waals surface area (Å²) in [6.07, 6.45) is 5.82. The van der Waals surface area contributed by atoms with Crippen molar-refractivity contribution in [3.63, 3.8) is 0 Å². The van der Waals surface area contributed by atoms with Crippen LogP contribution in [0.4, 0.5) is 0 Å². The predicted octanol–water partition coefficient (Wildman–Crippen LogP) is 3.37. The van der Waals surface area contributed by atoms with Gasteiger partial charge in [0.1, 0.15) is 5.82 Å². The van der Waals surface area contributed by atoms with Crippen molar-refractivity contribution >= 4 is 22.6 Å². The number of benzene rings is 2. The monoisotopic (exact) mass is 369 g/mol. The van der Waals surface area contributed by atoms with Gasteiger partial charge in [0.15, 0.2) is 5.82 Å². The molecule has 0 amide bonds. The van der Waals surface area contributed by atoms with Crippen molar-refractivity contribution in [3.05, 3.63) is 101 Å². The van der Waals surface area contributed by atoms with Crippen LogP contribution in [-0.2, 0) is 13.5 Å². The van der Waals surface area contributed by atoms with E-state index >= 15 is 0 Å². The number of aromatic amines is 1. The minimum absolute atomic E-state index is 0.145. The summed E-state index contributed by atoms with van der Waals surface area (Å²) < 4.78 is 1.94. The van der Waals surface area contributed by atoms with Crippen LogP contribution in [0.2, 0.25) is 0 Å². The third-order valence-corrected chi connectivity index (χ3v) is 4.64. The maximum absolute atomic E-state index is 12.0. The molecule has 0 spiro atoms. The summed E-state index contributed by atoms with van der Waals surface area (Å²) in [6.45, 7) is 4.10. The van der Waals surface area contributed by atoms with Gasteiger partial charge in [-0.25, -0.2) is 4.98 Å². The molecule has 4 rings (SSSR count). The first-order valence-electron chi connectivity index (χ1n) is 8.89. The molecule has 4 aromatic rings. The number of H-pyrrole nitrogens is 1. The normalized spacial score (nSPS) is 11.3. The topological polar surface area (TPSA) is 76.5 Å².